The summed E-state index contributed by atoms with van der Waals surface area (Å²) in [5.41, 5.74) is 2.65. The number of rotatable bonds is 4. The monoisotopic (exact) mass is 327 g/mol. The van der Waals surface area contributed by atoms with Crippen LogP contribution in [0.1, 0.15) is 27.7 Å². The predicted molar refractivity (Wildman–Crippen MR) is 91.4 cm³/mol. The van der Waals surface area contributed by atoms with Crippen molar-refractivity contribution in [2.24, 2.45) is 17.3 Å². The first-order valence-corrected chi connectivity index (χ1v) is 7.91. The highest BCUT2D eigenvalue weighted by Gasteiger charge is 2.60. The van der Waals surface area contributed by atoms with E-state index in [1.807, 2.05) is 0 Å². The van der Waals surface area contributed by atoms with Gasteiger partial charge in [0.25, 0.3) is 0 Å². The molecule has 126 valence electrons. The van der Waals surface area contributed by atoms with Crippen molar-refractivity contribution in [2.75, 3.05) is 5.32 Å². The van der Waals surface area contributed by atoms with E-state index in [-0.39, 0.29) is 23.2 Å². The Morgan fingerprint density at radius 2 is 1.96 bits per heavy atom. The maximum Gasteiger partial charge on any atom is 0.439 e. The molecule has 0 radical (unpaired) electrons. The lowest BCUT2D eigenvalue weighted by atomic mass is 10.1. The number of nitrogens with one attached hydrogen (secondary N) is 2. The van der Waals surface area contributed by atoms with Crippen LogP contribution >= 0.6 is 0 Å². The number of anilines is 1. The maximum atomic E-state index is 12.5. The summed E-state index contributed by atoms with van der Waals surface area (Å²) < 4.78 is 4.48. The molecular formula is C18H21N3O3. The van der Waals surface area contributed by atoms with E-state index in [0.717, 1.165) is 0 Å². The topological polar surface area (TPSA) is 88.0 Å². The molecule has 0 unspecified atom stereocenters. The van der Waals surface area contributed by atoms with E-state index in [1.165, 1.54) is 5.57 Å². The second-order valence-corrected chi connectivity index (χ2v) is 7.08. The van der Waals surface area contributed by atoms with Crippen LogP contribution < -0.4 is 11.1 Å². The number of hydrogen-bond donors (Lipinski definition) is 2. The van der Waals surface area contributed by atoms with Gasteiger partial charge in [-0.15, -0.1) is 0 Å². The SMILES string of the molecule is CC(C)=C[C@H]1[C@@H](C(=O)Nc2ccc(-c3noc(=O)[nH]3)cc2)C1(C)C. The molecule has 1 amide bonds. The molecule has 24 heavy (non-hydrogen) atoms. The van der Waals surface area contributed by atoms with Crippen LogP contribution in [0.5, 0.6) is 0 Å². The van der Waals surface area contributed by atoms with Crippen molar-refractivity contribution in [3.8, 4) is 11.4 Å². The van der Waals surface area contributed by atoms with Gasteiger partial charge in [-0.3, -0.25) is 14.3 Å². The van der Waals surface area contributed by atoms with E-state index in [1.54, 1.807) is 24.3 Å². The average Bonchev–Trinajstić information content (AvgIpc) is 2.82. The third kappa shape index (κ3) is 3.04. The summed E-state index contributed by atoms with van der Waals surface area (Å²) in [7, 11) is 0. The molecule has 2 aromatic rings. The molecule has 0 spiro atoms. The van der Waals surface area contributed by atoms with Crippen molar-refractivity contribution in [3.05, 3.63) is 46.5 Å². The van der Waals surface area contributed by atoms with Crippen LogP contribution in [0.4, 0.5) is 5.69 Å². The smallest absolute Gasteiger partial charge is 0.326 e. The first-order valence-electron chi connectivity index (χ1n) is 7.91. The lowest BCUT2D eigenvalue weighted by molar-refractivity contribution is -0.118. The number of benzene rings is 1. The second-order valence-electron chi connectivity index (χ2n) is 7.08. The van der Waals surface area contributed by atoms with E-state index >= 15 is 0 Å². The molecule has 1 aliphatic rings. The van der Waals surface area contributed by atoms with Gasteiger partial charge in [0, 0.05) is 11.3 Å². The van der Waals surface area contributed by atoms with E-state index in [9.17, 15) is 9.59 Å². The number of carbonyl (C=O) groups excluding carboxylic acids is 1. The summed E-state index contributed by atoms with van der Waals surface area (Å²) in [4.78, 5) is 26.0. The Labute approximate surface area is 140 Å². The molecule has 1 aromatic carbocycles. The zero-order valence-corrected chi connectivity index (χ0v) is 14.2. The van der Waals surface area contributed by atoms with Gasteiger partial charge in [0.15, 0.2) is 5.82 Å². The molecule has 1 aliphatic carbocycles. The fourth-order valence-corrected chi connectivity index (χ4v) is 3.13. The first kappa shape index (κ1) is 16.2. The third-order valence-corrected chi connectivity index (χ3v) is 4.57. The first-order chi connectivity index (χ1) is 11.3. The summed E-state index contributed by atoms with van der Waals surface area (Å²) in [6.45, 7) is 8.34. The number of amides is 1. The molecule has 1 saturated carbocycles. The number of aromatic nitrogens is 2. The van der Waals surface area contributed by atoms with Gasteiger partial charge in [-0.05, 0) is 49.4 Å². The predicted octanol–water partition coefficient (Wildman–Crippen LogP) is 3.21. The van der Waals surface area contributed by atoms with Crippen molar-refractivity contribution >= 4 is 11.6 Å². The van der Waals surface area contributed by atoms with Crippen LogP contribution in [0.3, 0.4) is 0 Å². The average molecular weight is 327 g/mol. The zero-order chi connectivity index (χ0) is 17.5. The molecule has 0 bridgehead atoms. The Morgan fingerprint density at radius 3 is 2.50 bits per heavy atom. The molecule has 2 N–H and O–H groups in total. The molecule has 6 heteroatoms. The minimum absolute atomic E-state index is 0.0124. The van der Waals surface area contributed by atoms with Gasteiger partial charge in [0.1, 0.15) is 0 Å². The minimum atomic E-state index is -0.594. The Bertz CT molecular complexity index is 839. The number of hydrogen-bond acceptors (Lipinski definition) is 4. The van der Waals surface area contributed by atoms with Gasteiger partial charge in [0.2, 0.25) is 5.91 Å². The van der Waals surface area contributed by atoms with Crippen LogP contribution in [0.25, 0.3) is 11.4 Å². The Balaban J connectivity index is 1.69. The summed E-state index contributed by atoms with van der Waals surface area (Å²) in [5.74, 6) is 0.0690. The van der Waals surface area contributed by atoms with E-state index < -0.39 is 5.76 Å². The molecule has 6 nitrogen and oxygen atoms in total. The molecule has 0 saturated heterocycles. The quantitative estimate of drug-likeness (QED) is 0.844. The van der Waals surface area contributed by atoms with Gasteiger partial charge in [-0.25, -0.2) is 4.79 Å². The molecule has 3 rings (SSSR count). The maximum absolute atomic E-state index is 12.5. The molecule has 2 atom stereocenters. The number of carbonyl (C=O) groups is 1. The largest absolute Gasteiger partial charge is 0.439 e. The van der Waals surface area contributed by atoms with Gasteiger partial charge in [0.05, 0.1) is 5.92 Å². The molecule has 0 aliphatic heterocycles. The molecular weight excluding hydrogens is 306 g/mol. The van der Waals surface area contributed by atoms with Crippen molar-refractivity contribution < 1.29 is 9.32 Å². The standard InChI is InChI=1S/C18H21N3O3/c1-10(2)9-13-14(18(13,3)4)16(22)19-12-7-5-11(6-8-12)15-20-17(23)24-21-15/h5-9,13-14H,1-4H3,(H,19,22)(H,20,21,23)/t13-,14-/m0/s1. The van der Waals surface area contributed by atoms with Crippen LogP contribution in [-0.2, 0) is 4.79 Å². The molecule has 1 heterocycles. The normalized spacial score (nSPS) is 21.2. The highest BCUT2D eigenvalue weighted by molar-refractivity contribution is 5.95. The van der Waals surface area contributed by atoms with E-state index in [0.29, 0.717) is 17.1 Å². The zero-order valence-electron chi connectivity index (χ0n) is 14.2. The summed E-state index contributed by atoms with van der Waals surface area (Å²) in [5, 5.41) is 6.60. The lowest BCUT2D eigenvalue weighted by Crippen LogP contribution is -2.16. The van der Waals surface area contributed by atoms with Gasteiger partial charge in [-0.1, -0.05) is 30.7 Å². The van der Waals surface area contributed by atoms with Crippen molar-refractivity contribution in [2.45, 2.75) is 27.7 Å². The molecule has 1 fully saturated rings. The number of nitrogens with zero attached hydrogens (tertiary/aromatic N) is 1. The summed E-state index contributed by atoms with van der Waals surface area (Å²) >= 11 is 0. The molecule has 1 aromatic heterocycles. The Morgan fingerprint density at radius 1 is 1.29 bits per heavy atom. The minimum Gasteiger partial charge on any atom is -0.326 e. The Hall–Kier alpha value is -2.63. The summed E-state index contributed by atoms with van der Waals surface area (Å²) in [6, 6.07) is 7.11. The van der Waals surface area contributed by atoms with Crippen LogP contribution in [0.2, 0.25) is 0 Å². The number of H-pyrrole nitrogens is 1. The number of allylic oxidation sites excluding steroid dienone is 2. The van der Waals surface area contributed by atoms with Gasteiger partial charge < -0.3 is 5.32 Å². The summed E-state index contributed by atoms with van der Waals surface area (Å²) in [6.07, 6.45) is 2.17. The Kier molecular flexibility index (Phi) is 3.91. The van der Waals surface area contributed by atoms with E-state index in [2.05, 4.69) is 53.8 Å². The van der Waals surface area contributed by atoms with E-state index in [4.69, 9.17) is 0 Å². The fourth-order valence-electron chi connectivity index (χ4n) is 3.13. The highest BCUT2D eigenvalue weighted by Crippen LogP contribution is 2.59. The third-order valence-electron chi connectivity index (χ3n) is 4.57. The number of aromatic amines is 1. The fraction of sp³-hybridized carbons (Fsp3) is 0.389. The highest BCUT2D eigenvalue weighted by atomic mass is 16.5. The van der Waals surface area contributed by atoms with Crippen LogP contribution in [-0.4, -0.2) is 16.0 Å². The lowest BCUT2D eigenvalue weighted by Gasteiger charge is -2.06. The van der Waals surface area contributed by atoms with Crippen LogP contribution in [0.15, 0.2) is 45.2 Å². The van der Waals surface area contributed by atoms with Gasteiger partial charge in [-0.2, -0.15) is 0 Å². The van der Waals surface area contributed by atoms with Gasteiger partial charge >= 0.3 is 5.76 Å². The van der Waals surface area contributed by atoms with Crippen molar-refractivity contribution in [1.82, 2.24) is 10.1 Å². The second kappa shape index (κ2) is 5.78. The van der Waals surface area contributed by atoms with Crippen molar-refractivity contribution in [1.29, 1.82) is 0 Å². The van der Waals surface area contributed by atoms with Crippen molar-refractivity contribution in [3.63, 3.8) is 0 Å². The van der Waals surface area contributed by atoms with Crippen LogP contribution in [0, 0.1) is 17.3 Å².